The van der Waals surface area contributed by atoms with E-state index in [2.05, 4.69) is 0 Å². The standard InChI is InChI=1S/C27H24N4O8S2/c1-38-18-8-2-15(3-9-18)20-21-22(25(34)30(24(21)33)16-4-6-17(7-5-16)31(36)37)40-26-23(20)41-27(35)29(26)14-19(32)28-10-12-39-13-11-28/h2-9,20-22H,10-14H2,1H3. The number of nitro benzene ring substituents is 1. The fraction of sp³-hybridized carbons (Fsp3) is 0.333. The molecule has 212 valence electrons. The zero-order valence-corrected chi connectivity index (χ0v) is 23.4. The number of anilines is 1. The lowest BCUT2D eigenvalue weighted by molar-refractivity contribution is -0.384. The Bertz CT molecular complexity index is 1590. The van der Waals surface area contributed by atoms with Gasteiger partial charge in [0, 0.05) is 36.0 Å². The maximum atomic E-state index is 13.9. The summed E-state index contributed by atoms with van der Waals surface area (Å²) in [7, 11) is 1.54. The summed E-state index contributed by atoms with van der Waals surface area (Å²) < 4.78 is 12.0. The van der Waals surface area contributed by atoms with Crippen LogP contribution >= 0.6 is 23.1 Å². The molecule has 0 spiro atoms. The molecule has 1 aromatic heterocycles. The first kappa shape index (κ1) is 27.2. The number of methoxy groups -OCH3 is 1. The minimum absolute atomic E-state index is 0.160. The first-order valence-corrected chi connectivity index (χ1v) is 14.5. The predicted molar refractivity (Wildman–Crippen MR) is 150 cm³/mol. The van der Waals surface area contributed by atoms with Crippen LogP contribution in [-0.2, 0) is 25.7 Å². The van der Waals surface area contributed by atoms with Gasteiger partial charge >= 0.3 is 4.87 Å². The minimum Gasteiger partial charge on any atom is -0.497 e. The number of nitrogens with zero attached hydrogens (tertiary/aromatic N) is 4. The van der Waals surface area contributed by atoms with Crippen LogP contribution in [0.1, 0.15) is 16.4 Å². The Balaban J connectivity index is 1.42. The van der Waals surface area contributed by atoms with Gasteiger partial charge in [-0.05, 0) is 29.8 Å². The lowest BCUT2D eigenvalue weighted by atomic mass is 9.83. The van der Waals surface area contributed by atoms with E-state index in [1.54, 1.807) is 36.3 Å². The number of ether oxygens (including phenoxy) is 2. The fourth-order valence-corrected chi connectivity index (χ4v) is 8.22. The molecule has 6 rings (SSSR count). The third-order valence-electron chi connectivity index (χ3n) is 7.50. The van der Waals surface area contributed by atoms with E-state index in [9.17, 15) is 29.3 Å². The molecular formula is C27H24N4O8S2. The summed E-state index contributed by atoms with van der Waals surface area (Å²) in [6.45, 7) is 1.54. The van der Waals surface area contributed by atoms with Crippen molar-refractivity contribution in [2.45, 2.75) is 22.7 Å². The lowest BCUT2D eigenvalue weighted by Crippen LogP contribution is -2.43. The van der Waals surface area contributed by atoms with Crippen LogP contribution in [0.5, 0.6) is 5.75 Å². The lowest BCUT2D eigenvalue weighted by Gasteiger charge is -2.31. The highest BCUT2D eigenvalue weighted by Crippen LogP contribution is 2.54. The molecule has 0 radical (unpaired) electrons. The van der Waals surface area contributed by atoms with Crippen LogP contribution in [0.3, 0.4) is 0 Å². The van der Waals surface area contributed by atoms with E-state index in [1.807, 2.05) is 0 Å². The molecule has 3 atom stereocenters. The van der Waals surface area contributed by atoms with Gasteiger partial charge in [0.15, 0.2) is 0 Å². The molecule has 3 aliphatic heterocycles. The van der Waals surface area contributed by atoms with Crippen LogP contribution in [0.2, 0.25) is 0 Å². The van der Waals surface area contributed by atoms with Gasteiger partial charge in [-0.2, -0.15) is 0 Å². The number of thiazole rings is 1. The number of aromatic nitrogens is 1. The number of carbonyl (C=O) groups is 3. The largest absolute Gasteiger partial charge is 0.497 e. The van der Waals surface area contributed by atoms with Crippen molar-refractivity contribution in [3.05, 3.63) is 78.8 Å². The minimum atomic E-state index is -0.865. The smallest absolute Gasteiger partial charge is 0.308 e. The quantitative estimate of drug-likeness (QED) is 0.238. The average Bonchev–Trinajstić information content (AvgIpc) is 3.43. The first-order valence-electron chi connectivity index (χ1n) is 12.8. The molecule has 14 heteroatoms. The van der Waals surface area contributed by atoms with Crippen molar-refractivity contribution in [3.8, 4) is 5.75 Å². The number of thioether (sulfide) groups is 1. The summed E-state index contributed by atoms with van der Waals surface area (Å²) in [4.78, 5) is 67.7. The number of benzene rings is 2. The van der Waals surface area contributed by atoms with Crippen molar-refractivity contribution in [1.29, 1.82) is 0 Å². The van der Waals surface area contributed by atoms with Crippen molar-refractivity contribution >= 4 is 52.2 Å². The molecule has 0 aliphatic carbocycles. The van der Waals surface area contributed by atoms with Crippen molar-refractivity contribution in [2.75, 3.05) is 38.3 Å². The molecule has 4 heterocycles. The van der Waals surface area contributed by atoms with Gasteiger partial charge in [-0.15, -0.1) is 0 Å². The monoisotopic (exact) mass is 596 g/mol. The van der Waals surface area contributed by atoms with Crippen molar-refractivity contribution in [3.63, 3.8) is 0 Å². The van der Waals surface area contributed by atoms with Gasteiger partial charge in [0.1, 0.15) is 17.5 Å². The second-order valence-electron chi connectivity index (χ2n) is 9.72. The second kappa shape index (κ2) is 10.8. The molecule has 12 nitrogen and oxygen atoms in total. The number of carbonyl (C=O) groups excluding carboxylic acids is 3. The molecule has 2 saturated heterocycles. The SMILES string of the molecule is COc1ccc(C2c3sc(=O)n(CC(=O)N4CCOCC4)c3SC3C(=O)N(c4ccc([N+](=O)[O-])cc4)C(=O)C32)cc1. The van der Waals surface area contributed by atoms with E-state index in [0.717, 1.165) is 33.6 Å². The highest BCUT2D eigenvalue weighted by molar-refractivity contribution is 8.00. The number of hydrogen-bond donors (Lipinski definition) is 0. The molecule has 0 saturated carbocycles. The maximum absolute atomic E-state index is 13.9. The normalized spacial score (nSPS) is 21.9. The summed E-state index contributed by atoms with van der Waals surface area (Å²) in [6.07, 6.45) is 0. The van der Waals surface area contributed by atoms with Crippen LogP contribution in [0.15, 0.2) is 58.4 Å². The molecule has 2 aromatic carbocycles. The third kappa shape index (κ3) is 4.71. The van der Waals surface area contributed by atoms with E-state index < -0.39 is 33.8 Å². The van der Waals surface area contributed by atoms with Crippen molar-refractivity contribution in [2.24, 2.45) is 5.92 Å². The van der Waals surface area contributed by atoms with Crippen molar-refractivity contribution < 1.29 is 28.8 Å². The zero-order valence-electron chi connectivity index (χ0n) is 21.8. The number of nitro groups is 1. The average molecular weight is 597 g/mol. The number of rotatable bonds is 6. The van der Waals surface area contributed by atoms with Gasteiger partial charge in [0.2, 0.25) is 17.7 Å². The van der Waals surface area contributed by atoms with E-state index in [-0.39, 0.29) is 28.7 Å². The number of morpholine rings is 1. The summed E-state index contributed by atoms with van der Waals surface area (Å²) in [5, 5.41) is 10.8. The summed E-state index contributed by atoms with van der Waals surface area (Å²) in [5.41, 5.74) is 0.797. The second-order valence-corrected chi connectivity index (χ2v) is 11.8. The van der Waals surface area contributed by atoms with E-state index in [1.165, 1.54) is 28.8 Å². The van der Waals surface area contributed by atoms with Crippen LogP contribution in [0.4, 0.5) is 11.4 Å². The summed E-state index contributed by atoms with van der Waals surface area (Å²) in [6, 6.07) is 12.4. The van der Waals surface area contributed by atoms with Gasteiger partial charge in [0.25, 0.3) is 5.69 Å². The molecule has 3 amide bonds. The highest BCUT2D eigenvalue weighted by atomic mass is 32.2. The van der Waals surface area contributed by atoms with E-state index in [0.29, 0.717) is 42.0 Å². The Kier molecular flexibility index (Phi) is 7.13. The van der Waals surface area contributed by atoms with Crippen LogP contribution in [-0.4, -0.2) is 70.8 Å². The first-order chi connectivity index (χ1) is 19.8. The van der Waals surface area contributed by atoms with Gasteiger partial charge in [-0.3, -0.25) is 33.9 Å². The van der Waals surface area contributed by atoms with Crippen LogP contribution < -0.4 is 14.5 Å². The molecule has 0 bridgehead atoms. The highest BCUT2D eigenvalue weighted by Gasteiger charge is 2.57. The Morgan fingerprint density at radius 2 is 1.73 bits per heavy atom. The Labute approximate surface area is 241 Å². The fourth-order valence-electron chi connectivity index (χ4n) is 5.45. The Morgan fingerprint density at radius 3 is 2.37 bits per heavy atom. The van der Waals surface area contributed by atoms with Crippen LogP contribution in [0, 0.1) is 16.0 Å². The third-order valence-corrected chi connectivity index (χ3v) is 10.1. The molecule has 3 aliphatic rings. The molecule has 3 unspecified atom stereocenters. The Morgan fingerprint density at radius 1 is 1.05 bits per heavy atom. The number of imide groups is 1. The molecule has 0 N–H and O–H groups in total. The zero-order chi connectivity index (χ0) is 28.8. The molecule has 3 aromatic rings. The maximum Gasteiger partial charge on any atom is 0.308 e. The number of hydrogen-bond acceptors (Lipinski definition) is 10. The van der Waals surface area contributed by atoms with Gasteiger partial charge in [-0.1, -0.05) is 35.2 Å². The van der Waals surface area contributed by atoms with Gasteiger partial charge in [0.05, 0.1) is 41.9 Å². The number of non-ortho nitro benzene ring substituents is 1. The summed E-state index contributed by atoms with van der Waals surface area (Å²) >= 11 is 2.10. The van der Waals surface area contributed by atoms with Gasteiger partial charge < -0.3 is 14.4 Å². The number of fused-ring (bicyclic) bond motifs is 2. The van der Waals surface area contributed by atoms with E-state index >= 15 is 0 Å². The van der Waals surface area contributed by atoms with E-state index in [4.69, 9.17) is 9.47 Å². The van der Waals surface area contributed by atoms with Gasteiger partial charge in [-0.25, -0.2) is 4.90 Å². The van der Waals surface area contributed by atoms with Crippen LogP contribution in [0.25, 0.3) is 0 Å². The number of amides is 3. The van der Waals surface area contributed by atoms with Crippen molar-refractivity contribution in [1.82, 2.24) is 9.47 Å². The molecule has 2 fully saturated rings. The predicted octanol–water partition coefficient (Wildman–Crippen LogP) is 2.48. The summed E-state index contributed by atoms with van der Waals surface area (Å²) in [5.74, 6) is -2.00. The topological polar surface area (TPSA) is 141 Å². The Hall–Kier alpha value is -4.01. The molecular weight excluding hydrogens is 572 g/mol. The molecule has 41 heavy (non-hydrogen) atoms.